The van der Waals surface area contributed by atoms with Crippen LogP contribution in [-0.2, 0) is 5.41 Å². The molecule has 0 fully saturated rings. The molecule has 0 saturated heterocycles. The predicted molar refractivity (Wildman–Crippen MR) is 138 cm³/mol. The highest BCUT2D eigenvalue weighted by Gasteiger charge is 2.51. The molecule has 2 aliphatic carbocycles. The molecule has 33 heavy (non-hydrogen) atoms. The van der Waals surface area contributed by atoms with Gasteiger partial charge in [0, 0.05) is 29.7 Å². The first-order chi connectivity index (χ1) is 16.3. The number of aromatic nitrogens is 1. The maximum atomic E-state index is 4.25. The van der Waals surface area contributed by atoms with Crippen molar-refractivity contribution in [2.24, 2.45) is 4.99 Å². The Labute approximate surface area is 193 Å². The Morgan fingerprint density at radius 2 is 1.27 bits per heavy atom. The van der Waals surface area contributed by atoms with Gasteiger partial charge in [0.15, 0.2) is 0 Å². The monoisotopic (exact) mass is 422 g/mol. The zero-order valence-corrected chi connectivity index (χ0v) is 18.4. The molecule has 2 heteroatoms. The second-order valence-corrected chi connectivity index (χ2v) is 8.87. The van der Waals surface area contributed by atoms with Crippen LogP contribution in [0.2, 0.25) is 0 Å². The minimum Gasteiger partial charge on any atom is -0.353 e. The summed E-state index contributed by atoms with van der Waals surface area (Å²) >= 11 is 0. The van der Waals surface area contributed by atoms with Crippen LogP contribution in [0.15, 0.2) is 96.5 Å². The van der Waals surface area contributed by atoms with E-state index in [1.807, 2.05) is 12.3 Å². The molecule has 1 spiro atoms. The Morgan fingerprint density at radius 1 is 0.727 bits per heavy atom. The van der Waals surface area contributed by atoms with Crippen molar-refractivity contribution in [2.75, 3.05) is 7.05 Å². The highest BCUT2D eigenvalue weighted by atomic mass is 14.8. The van der Waals surface area contributed by atoms with Crippen LogP contribution in [0.3, 0.4) is 0 Å². The summed E-state index contributed by atoms with van der Waals surface area (Å²) in [5, 5.41) is 1.19. The molecule has 0 bridgehead atoms. The van der Waals surface area contributed by atoms with Crippen LogP contribution in [-0.4, -0.2) is 18.2 Å². The van der Waals surface area contributed by atoms with Gasteiger partial charge in [-0.25, -0.2) is 0 Å². The first-order valence-electron chi connectivity index (χ1n) is 11.3. The Balaban J connectivity index is 1.68. The van der Waals surface area contributed by atoms with Crippen molar-refractivity contribution in [1.82, 2.24) is 4.98 Å². The quantitative estimate of drug-likeness (QED) is 0.285. The van der Waals surface area contributed by atoms with E-state index in [2.05, 4.69) is 101 Å². The van der Waals surface area contributed by atoms with E-state index in [1.165, 1.54) is 49.9 Å². The molecular formula is C31H22N2. The third-order valence-corrected chi connectivity index (χ3v) is 7.45. The summed E-state index contributed by atoms with van der Waals surface area (Å²) in [7, 11) is 1.80. The van der Waals surface area contributed by atoms with Gasteiger partial charge in [-0.2, -0.15) is 0 Å². The fourth-order valence-electron chi connectivity index (χ4n) is 6.27. The van der Waals surface area contributed by atoms with E-state index >= 15 is 0 Å². The number of aromatic amines is 1. The van der Waals surface area contributed by atoms with Gasteiger partial charge >= 0.3 is 0 Å². The first-order valence-corrected chi connectivity index (χ1v) is 11.3. The van der Waals surface area contributed by atoms with E-state index < -0.39 is 0 Å². The van der Waals surface area contributed by atoms with Gasteiger partial charge in [-0.3, -0.25) is 4.99 Å². The average molecular weight is 423 g/mol. The van der Waals surface area contributed by atoms with Gasteiger partial charge in [-0.1, -0.05) is 85.5 Å². The summed E-state index contributed by atoms with van der Waals surface area (Å²) < 4.78 is 0. The smallest absolute Gasteiger partial charge is 0.0726 e. The van der Waals surface area contributed by atoms with Crippen LogP contribution in [0.4, 0.5) is 0 Å². The molecular weight excluding hydrogens is 400 g/mol. The molecule has 1 heterocycles. The molecule has 0 aliphatic heterocycles. The topological polar surface area (TPSA) is 28.1 Å². The number of hydrogen-bond donors (Lipinski definition) is 1. The number of hydrogen-bond acceptors (Lipinski definition) is 1. The number of nitrogens with one attached hydrogen (secondary N) is 1. The molecule has 0 atom stereocenters. The molecule has 1 aromatic heterocycles. The van der Waals surface area contributed by atoms with Gasteiger partial charge in [-0.15, -0.1) is 0 Å². The third kappa shape index (κ3) is 2.11. The second kappa shape index (κ2) is 6.43. The summed E-state index contributed by atoms with van der Waals surface area (Å²) in [6.07, 6.45) is 3.81. The molecule has 0 radical (unpaired) electrons. The third-order valence-electron chi connectivity index (χ3n) is 7.45. The van der Waals surface area contributed by atoms with Crippen LogP contribution < -0.4 is 0 Å². The standard InChI is InChI=1S/C31H22N2/c1-3-19-24-16-23-22-12-6-9-15-27(22)31(28(23)17-29(24)33-30(19)18-32-2)25-13-7-4-10-20(25)21-11-5-8-14-26(21)31/h3-18,33H,1H2,2H3. The maximum absolute atomic E-state index is 4.25. The highest BCUT2D eigenvalue weighted by Crippen LogP contribution is 2.63. The van der Waals surface area contributed by atoms with Gasteiger partial charge < -0.3 is 4.98 Å². The molecule has 2 nitrogen and oxygen atoms in total. The van der Waals surface area contributed by atoms with Crippen molar-refractivity contribution in [3.05, 3.63) is 125 Å². The maximum Gasteiger partial charge on any atom is 0.0726 e. The van der Waals surface area contributed by atoms with Gasteiger partial charge in [0.25, 0.3) is 0 Å². The first kappa shape index (κ1) is 18.4. The molecule has 1 N–H and O–H groups in total. The molecule has 0 saturated carbocycles. The summed E-state index contributed by atoms with van der Waals surface area (Å²) in [6, 6.07) is 31.4. The van der Waals surface area contributed by atoms with Gasteiger partial charge in [0.2, 0.25) is 0 Å². The van der Waals surface area contributed by atoms with Crippen LogP contribution in [0, 0.1) is 0 Å². The van der Waals surface area contributed by atoms with E-state index in [-0.39, 0.29) is 5.41 Å². The van der Waals surface area contributed by atoms with Crippen LogP contribution in [0.25, 0.3) is 39.2 Å². The molecule has 5 aromatic rings. The van der Waals surface area contributed by atoms with Crippen LogP contribution >= 0.6 is 0 Å². The lowest BCUT2D eigenvalue weighted by molar-refractivity contribution is 0.795. The SMILES string of the molecule is C=Cc1c(C=NC)[nH]c2cc3c(cc12)-c1ccccc1C31c2ccccc2-c2ccccc21. The summed E-state index contributed by atoms with van der Waals surface area (Å²) in [6.45, 7) is 4.08. The van der Waals surface area contributed by atoms with Crippen molar-refractivity contribution in [3.63, 3.8) is 0 Å². The Morgan fingerprint density at radius 3 is 1.82 bits per heavy atom. The van der Waals surface area contributed by atoms with Crippen LogP contribution in [0.1, 0.15) is 33.5 Å². The molecule has 2 aliphatic rings. The van der Waals surface area contributed by atoms with E-state index in [0.717, 1.165) is 16.8 Å². The average Bonchev–Trinajstić information content (AvgIpc) is 3.46. The zero-order chi connectivity index (χ0) is 22.2. The molecule has 7 rings (SSSR count). The van der Waals surface area contributed by atoms with Crippen molar-refractivity contribution < 1.29 is 0 Å². The Hall–Kier alpha value is -4.17. The van der Waals surface area contributed by atoms with Crippen molar-refractivity contribution in [1.29, 1.82) is 0 Å². The lowest BCUT2D eigenvalue weighted by atomic mass is 9.70. The Bertz CT molecular complexity index is 1600. The van der Waals surface area contributed by atoms with Crippen molar-refractivity contribution >= 4 is 23.2 Å². The lowest BCUT2D eigenvalue weighted by Crippen LogP contribution is -2.25. The van der Waals surface area contributed by atoms with E-state index in [9.17, 15) is 0 Å². The fourth-order valence-corrected chi connectivity index (χ4v) is 6.27. The second-order valence-electron chi connectivity index (χ2n) is 8.87. The van der Waals surface area contributed by atoms with Gasteiger partial charge in [-0.05, 0) is 56.6 Å². The highest BCUT2D eigenvalue weighted by molar-refractivity contribution is 6.04. The summed E-state index contributed by atoms with van der Waals surface area (Å²) in [5.41, 5.74) is 13.6. The minimum absolute atomic E-state index is 0.314. The zero-order valence-electron chi connectivity index (χ0n) is 18.4. The molecule has 156 valence electrons. The Kier molecular flexibility index (Phi) is 3.58. The summed E-state index contributed by atoms with van der Waals surface area (Å²) in [5.74, 6) is 0. The molecule has 0 amide bonds. The molecule has 0 unspecified atom stereocenters. The number of benzene rings is 4. The fraction of sp³-hybridized carbons (Fsp3) is 0.0645. The van der Waals surface area contributed by atoms with Gasteiger partial charge in [0.1, 0.15) is 0 Å². The number of rotatable bonds is 2. The van der Waals surface area contributed by atoms with Crippen LogP contribution in [0.5, 0.6) is 0 Å². The van der Waals surface area contributed by atoms with E-state index in [0.29, 0.717) is 0 Å². The van der Waals surface area contributed by atoms with Crippen molar-refractivity contribution in [2.45, 2.75) is 5.41 Å². The number of fused-ring (bicyclic) bond motifs is 11. The van der Waals surface area contributed by atoms with E-state index in [1.54, 1.807) is 7.05 Å². The number of nitrogens with zero attached hydrogens (tertiary/aromatic N) is 1. The lowest BCUT2D eigenvalue weighted by Gasteiger charge is -2.30. The normalized spacial score (nSPS) is 14.5. The number of aliphatic imine (C=N–C) groups is 1. The largest absolute Gasteiger partial charge is 0.353 e. The van der Waals surface area contributed by atoms with Gasteiger partial charge in [0.05, 0.1) is 11.1 Å². The number of H-pyrrole nitrogens is 1. The minimum atomic E-state index is -0.314. The van der Waals surface area contributed by atoms with Crippen molar-refractivity contribution in [3.8, 4) is 22.3 Å². The van der Waals surface area contributed by atoms with E-state index in [4.69, 9.17) is 0 Å². The molecule has 4 aromatic carbocycles. The predicted octanol–water partition coefficient (Wildman–Crippen LogP) is 7.20. The summed E-state index contributed by atoms with van der Waals surface area (Å²) in [4.78, 5) is 7.86.